The Hall–Kier alpha value is -2.93. The van der Waals surface area contributed by atoms with Gasteiger partial charge in [0.2, 0.25) is 5.91 Å². The van der Waals surface area contributed by atoms with Gasteiger partial charge in [0.05, 0.1) is 12.6 Å². The van der Waals surface area contributed by atoms with Crippen molar-refractivity contribution in [3.05, 3.63) is 58.9 Å². The first-order chi connectivity index (χ1) is 13.5. The normalized spacial score (nSPS) is 19.4. The number of H-pyrrole nitrogens is 1. The van der Waals surface area contributed by atoms with Gasteiger partial charge in [0, 0.05) is 31.4 Å². The average Bonchev–Trinajstić information content (AvgIpc) is 3.39. The van der Waals surface area contributed by atoms with Gasteiger partial charge in [-0.2, -0.15) is 0 Å². The molecule has 28 heavy (non-hydrogen) atoms. The number of ketones is 1. The van der Waals surface area contributed by atoms with Crippen molar-refractivity contribution in [1.29, 1.82) is 0 Å². The number of aromatic nitrogens is 1. The summed E-state index contributed by atoms with van der Waals surface area (Å²) in [7, 11) is 0. The number of primary amides is 1. The smallest absolute Gasteiger partial charge is 0.270 e. The quantitative estimate of drug-likeness (QED) is 0.765. The van der Waals surface area contributed by atoms with E-state index in [2.05, 4.69) is 4.98 Å². The molecule has 2 amide bonds. The molecule has 0 saturated carbocycles. The Bertz CT molecular complexity index is 914. The third-order valence-electron chi connectivity index (χ3n) is 5.65. The number of carbonyl (C=O) groups excluding carboxylic acids is 3. The molecule has 1 aromatic carbocycles. The van der Waals surface area contributed by atoms with Crippen LogP contribution in [0.4, 0.5) is 0 Å². The van der Waals surface area contributed by atoms with E-state index in [1.807, 2.05) is 29.2 Å². The van der Waals surface area contributed by atoms with Crippen LogP contribution in [0.15, 0.2) is 36.5 Å². The minimum Gasteiger partial charge on any atom is -0.368 e. The number of benzene rings is 1. The van der Waals surface area contributed by atoms with Crippen LogP contribution in [-0.2, 0) is 17.8 Å². The first kappa shape index (κ1) is 18.4. The molecule has 0 spiro atoms. The van der Waals surface area contributed by atoms with Crippen LogP contribution in [0.3, 0.4) is 0 Å². The molecule has 2 aliphatic heterocycles. The Balaban J connectivity index is 1.48. The van der Waals surface area contributed by atoms with Crippen molar-refractivity contribution < 1.29 is 14.4 Å². The van der Waals surface area contributed by atoms with E-state index in [4.69, 9.17) is 5.73 Å². The number of nitrogens with one attached hydrogen (secondary N) is 1. The third-order valence-corrected chi connectivity index (χ3v) is 5.65. The second-order valence-corrected chi connectivity index (χ2v) is 7.52. The predicted octanol–water partition coefficient (Wildman–Crippen LogP) is 1.35. The van der Waals surface area contributed by atoms with Crippen molar-refractivity contribution in [2.75, 3.05) is 19.6 Å². The topological polar surface area (TPSA) is 99.5 Å². The molecule has 0 bridgehead atoms. The minimum atomic E-state index is -0.511. The largest absolute Gasteiger partial charge is 0.368 e. The minimum absolute atomic E-state index is 0.0709. The monoisotopic (exact) mass is 380 g/mol. The molecule has 1 aromatic heterocycles. The number of nitrogens with zero attached hydrogens (tertiary/aromatic N) is 2. The van der Waals surface area contributed by atoms with Crippen molar-refractivity contribution in [2.24, 2.45) is 5.73 Å². The van der Waals surface area contributed by atoms with Crippen LogP contribution in [-0.4, -0.2) is 58.1 Å². The summed E-state index contributed by atoms with van der Waals surface area (Å²) in [5, 5.41) is 0. The van der Waals surface area contributed by atoms with Gasteiger partial charge in [0.1, 0.15) is 5.69 Å². The van der Waals surface area contributed by atoms with E-state index in [1.165, 1.54) is 0 Å². The van der Waals surface area contributed by atoms with Gasteiger partial charge < -0.3 is 15.6 Å². The number of aromatic amines is 1. The van der Waals surface area contributed by atoms with Gasteiger partial charge in [-0.25, -0.2) is 0 Å². The number of rotatable bonds is 5. The van der Waals surface area contributed by atoms with Gasteiger partial charge in [0.25, 0.3) is 5.91 Å². The van der Waals surface area contributed by atoms with Gasteiger partial charge in [-0.05, 0) is 36.5 Å². The second-order valence-electron chi connectivity index (χ2n) is 7.52. The predicted molar refractivity (Wildman–Crippen MR) is 104 cm³/mol. The maximum atomic E-state index is 12.8. The lowest BCUT2D eigenvalue weighted by atomic mass is 9.93. The summed E-state index contributed by atoms with van der Waals surface area (Å²) in [5.41, 5.74) is 8.67. The molecular formula is C21H24N4O3. The van der Waals surface area contributed by atoms with E-state index in [0.717, 1.165) is 37.1 Å². The lowest BCUT2D eigenvalue weighted by molar-refractivity contribution is -0.123. The number of nitrogens with two attached hydrogens (primary N) is 1. The van der Waals surface area contributed by atoms with Gasteiger partial charge >= 0.3 is 0 Å². The molecular weight excluding hydrogens is 356 g/mol. The first-order valence-electron chi connectivity index (χ1n) is 9.64. The van der Waals surface area contributed by atoms with Crippen molar-refractivity contribution in [3.8, 4) is 0 Å². The molecule has 1 atom stereocenters. The fourth-order valence-corrected chi connectivity index (χ4v) is 4.07. The summed E-state index contributed by atoms with van der Waals surface area (Å²) in [5.74, 6) is -0.637. The Labute approximate surface area is 163 Å². The number of hydrogen-bond acceptors (Lipinski definition) is 4. The van der Waals surface area contributed by atoms with Gasteiger partial charge in [-0.3, -0.25) is 19.3 Å². The lowest BCUT2D eigenvalue weighted by Crippen LogP contribution is -2.50. The van der Waals surface area contributed by atoms with Crippen LogP contribution in [0.1, 0.15) is 44.8 Å². The Morgan fingerprint density at radius 3 is 2.54 bits per heavy atom. The molecule has 2 aromatic rings. The van der Waals surface area contributed by atoms with Crippen LogP contribution >= 0.6 is 0 Å². The molecule has 0 unspecified atom stereocenters. The molecule has 0 aliphatic carbocycles. The van der Waals surface area contributed by atoms with Crippen LogP contribution in [0.2, 0.25) is 0 Å². The number of Topliss-reactive ketones (excluding diaryl/α,β-unsaturated/α-hetero) is 1. The Morgan fingerprint density at radius 2 is 1.82 bits per heavy atom. The molecule has 2 aliphatic rings. The average molecular weight is 380 g/mol. The van der Waals surface area contributed by atoms with E-state index >= 15 is 0 Å². The number of amides is 2. The fraction of sp³-hybridized carbons (Fsp3) is 0.381. The lowest BCUT2D eigenvalue weighted by Gasteiger charge is -2.34. The van der Waals surface area contributed by atoms with E-state index in [9.17, 15) is 14.4 Å². The Kier molecular flexibility index (Phi) is 5.00. The van der Waals surface area contributed by atoms with Crippen molar-refractivity contribution >= 4 is 17.6 Å². The Morgan fingerprint density at radius 1 is 1.11 bits per heavy atom. The zero-order valence-corrected chi connectivity index (χ0v) is 15.7. The highest BCUT2D eigenvalue weighted by molar-refractivity contribution is 6.01. The van der Waals surface area contributed by atoms with Crippen molar-refractivity contribution in [3.63, 3.8) is 0 Å². The van der Waals surface area contributed by atoms with Gasteiger partial charge in [-0.1, -0.05) is 24.3 Å². The standard InChI is InChI=1S/C21H24N4O3/c22-20(27)18-10-14-5-1-2-6-15(14)12-25(18)13-19(26)16-9-17(23-11-16)21(28)24-7-3-4-8-24/h1-2,5-6,9,11,18,23H,3-4,7-8,10,12-13H2,(H2,22,27)/t18-/m0/s1. The zero-order valence-electron chi connectivity index (χ0n) is 15.7. The highest BCUT2D eigenvalue weighted by Crippen LogP contribution is 2.23. The van der Waals surface area contributed by atoms with E-state index in [0.29, 0.717) is 24.2 Å². The van der Waals surface area contributed by atoms with Gasteiger partial charge in [-0.15, -0.1) is 0 Å². The molecule has 4 rings (SSSR count). The fourth-order valence-electron chi connectivity index (χ4n) is 4.07. The summed E-state index contributed by atoms with van der Waals surface area (Å²) in [6.45, 7) is 2.10. The van der Waals surface area contributed by atoms with Crippen LogP contribution < -0.4 is 5.73 Å². The zero-order chi connectivity index (χ0) is 19.7. The van der Waals surface area contributed by atoms with Crippen LogP contribution in [0.25, 0.3) is 0 Å². The SMILES string of the molecule is NC(=O)[C@@H]1Cc2ccccc2CN1CC(=O)c1c[nH]c(C(=O)N2CCCC2)c1. The highest BCUT2D eigenvalue weighted by atomic mass is 16.2. The van der Waals surface area contributed by atoms with Crippen molar-refractivity contribution in [1.82, 2.24) is 14.8 Å². The highest BCUT2D eigenvalue weighted by Gasteiger charge is 2.31. The summed E-state index contributed by atoms with van der Waals surface area (Å²) in [4.78, 5) is 43.8. The summed E-state index contributed by atoms with van der Waals surface area (Å²) in [6, 6.07) is 8.99. The molecule has 0 radical (unpaired) electrons. The molecule has 7 heteroatoms. The van der Waals surface area contributed by atoms with E-state index in [-0.39, 0.29) is 18.2 Å². The maximum Gasteiger partial charge on any atom is 0.270 e. The summed E-state index contributed by atoms with van der Waals surface area (Å²) < 4.78 is 0. The molecule has 3 N–H and O–H groups in total. The third kappa shape index (κ3) is 3.57. The summed E-state index contributed by atoms with van der Waals surface area (Å²) >= 11 is 0. The van der Waals surface area contributed by atoms with Crippen molar-refractivity contribution in [2.45, 2.75) is 31.8 Å². The molecule has 3 heterocycles. The number of hydrogen-bond donors (Lipinski definition) is 2. The number of carbonyl (C=O) groups is 3. The summed E-state index contributed by atoms with van der Waals surface area (Å²) in [6.07, 6.45) is 4.11. The number of fused-ring (bicyclic) bond motifs is 1. The molecule has 1 saturated heterocycles. The molecule has 1 fully saturated rings. The maximum absolute atomic E-state index is 12.8. The molecule has 146 valence electrons. The number of likely N-dealkylation sites (tertiary alicyclic amines) is 1. The first-order valence-corrected chi connectivity index (χ1v) is 9.64. The van der Waals surface area contributed by atoms with Gasteiger partial charge in [0.15, 0.2) is 5.78 Å². The molecule has 7 nitrogen and oxygen atoms in total. The van der Waals surface area contributed by atoms with E-state index < -0.39 is 11.9 Å². The van der Waals surface area contributed by atoms with Crippen LogP contribution in [0, 0.1) is 0 Å². The van der Waals surface area contributed by atoms with E-state index in [1.54, 1.807) is 17.2 Å². The van der Waals surface area contributed by atoms with Crippen LogP contribution in [0.5, 0.6) is 0 Å². The second kappa shape index (κ2) is 7.59.